The fourth-order valence-corrected chi connectivity index (χ4v) is 5.36. The lowest BCUT2D eigenvalue weighted by Crippen LogP contribution is -3.11. The first kappa shape index (κ1) is 16.3. The molecule has 1 unspecified atom stereocenters. The molecule has 2 N–H and O–H groups in total. The molecule has 1 aromatic rings. The summed E-state index contributed by atoms with van der Waals surface area (Å²) in [6, 6.07) is 8.07. The van der Waals surface area contributed by atoms with Gasteiger partial charge in [-0.25, -0.2) is 0 Å². The van der Waals surface area contributed by atoms with E-state index in [0.717, 1.165) is 5.11 Å². The molecule has 1 aliphatic carbocycles. The Morgan fingerprint density at radius 1 is 1.21 bits per heavy atom. The van der Waals surface area contributed by atoms with Crippen LogP contribution in [0.5, 0.6) is 0 Å². The van der Waals surface area contributed by atoms with Crippen LogP contribution < -0.4 is 15.1 Å². The van der Waals surface area contributed by atoms with Crippen molar-refractivity contribution in [2.24, 2.45) is 0 Å². The normalized spacial score (nSPS) is 29.9. The van der Waals surface area contributed by atoms with Crippen molar-refractivity contribution < 1.29 is 4.90 Å². The first-order chi connectivity index (χ1) is 11.6. The Hall–Kier alpha value is -1.13. The van der Waals surface area contributed by atoms with Gasteiger partial charge in [0.2, 0.25) is 0 Å². The molecule has 3 aliphatic rings. The van der Waals surface area contributed by atoms with Crippen molar-refractivity contribution in [1.82, 2.24) is 5.32 Å². The third kappa shape index (κ3) is 2.95. The second kappa shape index (κ2) is 6.64. The molecule has 4 heteroatoms. The summed E-state index contributed by atoms with van der Waals surface area (Å²) in [6.45, 7) is 4.68. The quantitative estimate of drug-likeness (QED) is 0.763. The summed E-state index contributed by atoms with van der Waals surface area (Å²) in [7, 11) is 2.33. The van der Waals surface area contributed by atoms with Crippen LogP contribution in [0.1, 0.15) is 55.6 Å². The number of nitrogens with zero attached hydrogens (tertiary/aromatic N) is 1. The molecule has 0 amide bonds. The lowest BCUT2D eigenvalue weighted by Gasteiger charge is -2.37. The van der Waals surface area contributed by atoms with Gasteiger partial charge in [-0.1, -0.05) is 37.0 Å². The standard InChI is InChI=1S/C20H29N3S/c1-14-8-9-18-16(12-14)17-13-22(2)11-10-19(17)23(18)20(24)21-15-6-4-3-5-7-15/h8-9,12,15,17,19H,3-7,10-11,13H2,1-2H3,(H,21,24)/p+1/t17-,19-/m0/s1. The number of benzene rings is 1. The van der Waals surface area contributed by atoms with E-state index in [1.54, 1.807) is 4.90 Å². The van der Waals surface area contributed by atoms with Crippen molar-refractivity contribution in [3.05, 3.63) is 29.3 Å². The van der Waals surface area contributed by atoms with Crippen LogP contribution in [0, 0.1) is 6.92 Å². The van der Waals surface area contributed by atoms with Crippen LogP contribution in [0.25, 0.3) is 0 Å². The van der Waals surface area contributed by atoms with Crippen LogP contribution in [0.3, 0.4) is 0 Å². The number of fused-ring (bicyclic) bond motifs is 3. The van der Waals surface area contributed by atoms with Crippen LogP contribution in [-0.4, -0.2) is 37.3 Å². The van der Waals surface area contributed by atoms with Gasteiger partial charge >= 0.3 is 0 Å². The number of quaternary nitrogens is 1. The minimum Gasteiger partial charge on any atom is -0.360 e. The molecule has 130 valence electrons. The zero-order valence-electron chi connectivity index (χ0n) is 15.0. The maximum absolute atomic E-state index is 5.91. The fraction of sp³-hybridized carbons (Fsp3) is 0.650. The predicted molar refractivity (Wildman–Crippen MR) is 104 cm³/mol. The third-order valence-corrected chi connectivity index (χ3v) is 6.54. The number of thiocarbonyl (C=S) groups is 1. The lowest BCUT2D eigenvalue weighted by atomic mass is 9.89. The van der Waals surface area contributed by atoms with Crippen LogP contribution in [-0.2, 0) is 0 Å². The second-order valence-electron chi connectivity index (χ2n) is 8.09. The highest BCUT2D eigenvalue weighted by atomic mass is 32.1. The SMILES string of the molecule is Cc1ccc2c(c1)[C@@H]1C[NH+](C)CC[C@@H]1N2C(=S)NC1CCCCC1. The number of hydrogen-bond acceptors (Lipinski definition) is 1. The molecule has 2 aliphatic heterocycles. The van der Waals surface area contributed by atoms with Gasteiger partial charge in [0.05, 0.1) is 32.1 Å². The molecule has 0 radical (unpaired) electrons. The smallest absolute Gasteiger partial charge is 0.173 e. The number of anilines is 1. The topological polar surface area (TPSA) is 19.7 Å². The van der Waals surface area contributed by atoms with Gasteiger partial charge in [0.25, 0.3) is 0 Å². The number of likely N-dealkylation sites (tertiary alicyclic amines) is 1. The molecular formula is C20H30N3S+. The molecule has 0 bridgehead atoms. The number of hydrogen-bond donors (Lipinski definition) is 2. The second-order valence-corrected chi connectivity index (χ2v) is 8.48. The number of piperidine rings is 1. The summed E-state index contributed by atoms with van der Waals surface area (Å²) < 4.78 is 0. The average Bonchev–Trinajstić information content (AvgIpc) is 2.89. The largest absolute Gasteiger partial charge is 0.360 e. The summed E-state index contributed by atoms with van der Waals surface area (Å²) in [6.07, 6.45) is 7.85. The fourth-order valence-electron chi connectivity index (χ4n) is 4.96. The lowest BCUT2D eigenvalue weighted by molar-refractivity contribution is -0.886. The van der Waals surface area contributed by atoms with Crippen molar-refractivity contribution in [2.75, 3.05) is 25.0 Å². The molecular weight excluding hydrogens is 314 g/mol. The van der Waals surface area contributed by atoms with Crippen molar-refractivity contribution in [2.45, 2.75) is 63.5 Å². The highest BCUT2D eigenvalue weighted by molar-refractivity contribution is 7.80. The highest BCUT2D eigenvalue weighted by Gasteiger charge is 2.44. The predicted octanol–water partition coefficient (Wildman–Crippen LogP) is 2.39. The zero-order chi connectivity index (χ0) is 16.7. The summed E-state index contributed by atoms with van der Waals surface area (Å²) in [5, 5.41) is 4.68. The molecule has 3 nitrogen and oxygen atoms in total. The molecule has 24 heavy (non-hydrogen) atoms. The van der Waals surface area contributed by atoms with Crippen molar-refractivity contribution >= 4 is 23.0 Å². The minimum atomic E-state index is 0.550. The van der Waals surface area contributed by atoms with E-state index in [0.29, 0.717) is 18.0 Å². The zero-order valence-corrected chi connectivity index (χ0v) is 15.8. The number of nitrogens with one attached hydrogen (secondary N) is 2. The number of likely N-dealkylation sites (N-methyl/N-ethyl adjacent to an activating group) is 1. The first-order valence-electron chi connectivity index (χ1n) is 9.65. The van der Waals surface area contributed by atoms with Crippen molar-refractivity contribution in [1.29, 1.82) is 0 Å². The molecule has 1 saturated carbocycles. The summed E-state index contributed by atoms with van der Waals surface area (Å²) in [5.41, 5.74) is 4.24. The molecule has 0 aromatic heterocycles. The Kier molecular flexibility index (Phi) is 4.52. The molecule has 2 heterocycles. The Morgan fingerprint density at radius 2 is 2.00 bits per heavy atom. The third-order valence-electron chi connectivity index (χ3n) is 6.22. The Bertz CT molecular complexity index is 623. The first-order valence-corrected chi connectivity index (χ1v) is 10.1. The van der Waals surface area contributed by atoms with Gasteiger partial charge < -0.3 is 15.1 Å². The van der Waals surface area contributed by atoms with Crippen molar-refractivity contribution in [3.8, 4) is 0 Å². The molecule has 2 fully saturated rings. The van der Waals surface area contributed by atoms with Crippen molar-refractivity contribution in [3.63, 3.8) is 0 Å². The Labute approximate surface area is 151 Å². The molecule has 1 saturated heterocycles. The van der Waals surface area contributed by atoms with E-state index in [1.165, 1.54) is 68.4 Å². The van der Waals surface area contributed by atoms with E-state index in [9.17, 15) is 0 Å². The molecule has 0 spiro atoms. The number of rotatable bonds is 1. The summed E-state index contributed by atoms with van der Waals surface area (Å²) in [5.74, 6) is 0.625. The van der Waals surface area contributed by atoms with Crippen LogP contribution >= 0.6 is 12.2 Å². The van der Waals surface area contributed by atoms with E-state index >= 15 is 0 Å². The van der Waals surface area contributed by atoms with E-state index < -0.39 is 0 Å². The Morgan fingerprint density at radius 3 is 2.79 bits per heavy atom. The van der Waals surface area contributed by atoms with Crippen LogP contribution in [0.15, 0.2) is 18.2 Å². The van der Waals surface area contributed by atoms with Gasteiger partial charge in [-0.2, -0.15) is 0 Å². The molecule has 4 rings (SSSR count). The Balaban J connectivity index is 1.60. The number of aryl methyl sites for hydroxylation is 1. The minimum absolute atomic E-state index is 0.550. The van der Waals surface area contributed by atoms with Gasteiger partial charge in [-0.15, -0.1) is 0 Å². The van der Waals surface area contributed by atoms with Crippen LogP contribution in [0.2, 0.25) is 0 Å². The van der Waals surface area contributed by atoms with Crippen LogP contribution in [0.4, 0.5) is 5.69 Å². The van der Waals surface area contributed by atoms with Gasteiger partial charge in [0.1, 0.15) is 0 Å². The van der Waals surface area contributed by atoms with Gasteiger partial charge in [0, 0.05) is 18.2 Å². The van der Waals surface area contributed by atoms with E-state index in [2.05, 4.69) is 42.4 Å². The van der Waals surface area contributed by atoms with Gasteiger partial charge in [-0.05, 0) is 43.6 Å². The summed E-state index contributed by atoms with van der Waals surface area (Å²) in [4.78, 5) is 4.12. The van der Waals surface area contributed by atoms with E-state index in [-0.39, 0.29) is 0 Å². The van der Waals surface area contributed by atoms with Gasteiger partial charge in [0.15, 0.2) is 5.11 Å². The molecule has 3 atom stereocenters. The molecule has 1 aromatic carbocycles. The van der Waals surface area contributed by atoms with E-state index in [4.69, 9.17) is 12.2 Å². The maximum atomic E-state index is 5.91. The van der Waals surface area contributed by atoms with E-state index in [1.807, 2.05) is 0 Å². The van der Waals surface area contributed by atoms with Gasteiger partial charge in [-0.3, -0.25) is 0 Å². The average molecular weight is 345 g/mol. The summed E-state index contributed by atoms with van der Waals surface area (Å²) >= 11 is 5.91. The maximum Gasteiger partial charge on any atom is 0.173 e. The monoisotopic (exact) mass is 344 g/mol. The highest BCUT2D eigenvalue weighted by Crippen LogP contribution is 2.43.